The van der Waals surface area contributed by atoms with Crippen molar-refractivity contribution in [2.45, 2.75) is 20.3 Å². The molecule has 156 valence electrons. The lowest BCUT2D eigenvalue weighted by Crippen LogP contribution is -2.42. The molecule has 1 saturated heterocycles. The number of ether oxygens (including phenoxy) is 3. The van der Waals surface area contributed by atoms with Crippen LogP contribution in [-0.2, 0) is 0 Å². The fourth-order valence-electron chi connectivity index (χ4n) is 3.89. The lowest BCUT2D eigenvalue weighted by molar-refractivity contribution is -0.386. The molecule has 0 aliphatic carbocycles. The van der Waals surface area contributed by atoms with Crippen molar-refractivity contribution in [2.75, 3.05) is 47.5 Å². The molecule has 1 aliphatic heterocycles. The summed E-state index contributed by atoms with van der Waals surface area (Å²) in [6.07, 6.45) is 1.21. The third-order valence-corrected chi connectivity index (χ3v) is 4.89. The van der Waals surface area contributed by atoms with E-state index in [4.69, 9.17) is 14.2 Å². The van der Waals surface area contributed by atoms with Gasteiger partial charge in [0.15, 0.2) is 5.75 Å². The highest BCUT2D eigenvalue weighted by molar-refractivity contribution is 6.00. The number of hydrogen-bond donors (Lipinski definition) is 1. The third-order valence-electron chi connectivity index (χ3n) is 4.89. The monoisotopic (exact) mass is 395 g/mol. The summed E-state index contributed by atoms with van der Waals surface area (Å²) in [4.78, 5) is 26.0. The molecule has 2 rings (SSSR count). The van der Waals surface area contributed by atoms with Crippen LogP contribution in [0.1, 0.15) is 30.6 Å². The summed E-state index contributed by atoms with van der Waals surface area (Å²) in [5.41, 5.74) is -0.572. The predicted molar refractivity (Wildman–Crippen MR) is 104 cm³/mol. The Hall–Kier alpha value is -2.55. The maximum absolute atomic E-state index is 12.7. The van der Waals surface area contributed by atoms with Crippen LogP contribution in [0.15, 0.2) is 6.07 Å². The van der Waals surface area contributed by atoms with Gasteiger partial charge in [-0.2, -0.15) is 0 Å². The summed E-state index contributed by atoms with van der Waals surface area (Å²) in [6, 6.07) is 1.31. The fourth-order valence-corrected chi connectivity index (χ4v) is 3.89. The van der Waals surface area contributed by atoms with E-state index in [1.54, 1.807) is 0 Å². The number of benzene rings is 1. The number of nitrogens with zero attached hydrogens (tertiary/aromatic N) is 2. The SMILES string of the molecule is COc1cc(C(=O)NCCN2CC(C)CC(C)C2)c([N+](=O)[O-])c(OC)c1OC. The highest BCUT2D eigenvalue weighted by atomic mass is 16.6. The van der Waals surface area contributed by atoms with Crippen molar-refractivity contribution < 1.29 is 23.9 Å². The van der Waals surface area contributed by atoms with Gasteiger partial charge in [-0.05, 0) is 18.3 Å². The van der Waals surface area contributed by atoms with Crippen LogP contribution in [-0.4, -0.2) is 63.2 Å². The number of hydrogen-bond acceptors (Lipinski definition) is 7. The second-order valence-electron chi connectivity index (χ2n) is 7.26. The lowest BCUT2D eigenvalue weighted by atomic mass is 9.92. The molecular formula is C19H29N3O6. The molecule has 2 atom stereocenters. The number of nitro benzene ring substituents is 1. The molecule has 1 amide bonds. The van der Waals surface area contributed by atoms with Gasteiger partial charge < -0.3 is 24.4 Å². The quantitative estimate of drug-likeness (QED) is 0.532. The van der Waals surface area contributed by atoms with Gasteiger partial charge in [0.2, 0.25) is 11.5 Å². The Kier molecular flexibility index (Phi) is 7.45. The van der Waals surface area contributed by atoms with Crippen LogP contribution < -0.4 is 19.5 Å². The van der Waals surface area contributed by atoms with E-state index >= 15 is 0 Å². The van der Waals surface area contributed by atoms with E-state index in [-0.39, 0.29) is 22.8 Å². The molecule has 28 heavy (non-hydrogen) atoms. The average molecular weight is 395 g/mol. The molecule has 1 heterocycles. The fraction of sp³-hybridized carbons (Fsp3) is 0.632. The van der Waals surface area contributed by atoms with Crippen molar-refractivity contribution in [1.29, 1.82) is 0 Å². The van der Waals surface area contributed by atoms with Gasteiger partial charge >= 0.3 is 5.69 Å². The first-order chi connectivity index (χ1) is 13.3. The van der Waals surface area contributed by atoms with Crippen molar-refractivity contribution in [3.8, 4) is 17.2 Å². The van der Waals surface area contributed by atoms with Crippen molar-refractivity contribution in [3.05, 3.63) is 21.7 Å². The molecule has 1 fully saturated rings. The molecular weight excluding hydrogens is 366 g/mol. The zero-order valence-corrected chi connectivity index (χ0v) is 17.1. The molecule has 1 aromatic carbocycles. The minimum atomic E-state index is -0.649. The number of methoxy groups -OCH3 is 3. The summed E-state index contributed by atoms with van der Waals surface area (Å²) >= 11 is 0. The van der Waals surface area contributed by atoms with E-state index in [0.29, 0.717) is 24.9 Å². The Morgan fingerprint density at radius 1 is 1.18 bits per heavy atom. The number of carbonyl (C=O) groups is 1. The van der Waals surface area contributed by atoms with Gasteiger partial charge in [-0.15, -0.1) is 0 Å². The van der Waals surface area contributed by atoms with Gasteiger partial charge in [-0.1, -0.05) is 13.8 Å². The largest absolute Gasteiger partial charge is 0.493 e. The number of amides is 1. The molecule has 1 aromatic rings. The molecule has 1 aliphatic rings. The van der Waals surface area contributed by atoms with Gasteiger partial charge in [-0.25, -0.2) is 0 Å². The van der Waals surface area contributed by atoms with Crippen LogP contribution in [0.2, 0.25) is 0 Å². The first-order valence-corrected chi connectivity index (χ1v) is 9.30. The summed E-state index contributed by atoms with van der Waals surface area (Å²) in [6.45, 7) is 7.51. The van der Waals surface area contributed by atoms with Gasteiger partial charge in [0.1, 0.15) is 5.56 Å². The highest BCUT2D eigenvalue weighted by Gasteiger charge is 2.32. The number of carbonyl (C=O) groups excluding carboxylic acids is 1. The molecule has 0 aromatic heterocycles. The molecule has 1 N–H and O–H groups in total. The Balaban J connectivity index is 2.18. The lowest BCUT2D eigenvalue weighted by Gasteiger charge is -2.34. The third kappa shape index (κ3) is 4.83. The second kappa shape index (κ2) is 9.59. The van der Waals surface area contributed by atoms with E-state index in [9.17, 15) is 14.9 Å². The average Bonchev–Trinajstić information content (AvgIpc) is 2.64. The Bertz CT molecular complexity index is 714. The maximum Gasteiger partial charge on any atom is 0.327 e. The summed E-state index contributed by atoms with van der Waals surface area (Å²) in [7, 11) is 4.03. The van der Waals surface area contributed by atoms with E-state index in [1.807, 2.05) is 0 Å². The van der Waals surface area contributed by atoms with E-state index in [2.05, 4.69) is 24.1 Å². The predicted octanol–water partition coefficient (Wildman–Crippen LogP) is 2.33. The number of rotatable bonds is 8. The van der Waals surface area contributed by atoms with E-state index < -0.39 is 16.5 Å². The second-order valence-corrected chi connectivity index (χ2v) is 7.26. The number of piperidine rings is 1. The Morgan fingerprint density at radius 2 is 1.79 bits per heavy atom. The minimum Gasteiger partial charge on any atom is -0.493 e. The summed E-state index contributed by atoms with van der Waals surface area (Å²) in [5, 5.41) is 14.4. The van der Waals surface area contributed by atoms with Crippen molar-refractivity contribution in [2.24, 2.45) is 11.8 Å². The molecule has 0 spiro atoms. The van der Waals surface area contributed by atoms with E-state index in [0.717, 1.165) is 13.1 Å². The van der Waals surface area contributed by atoms with Crippen molar-refractivity contribution >= 4 is 11.6 Å². The zero-order chi connectivity index (χ0) is 20.8. The number of nitro groups is 1. The van der Waals surface area contributed by atoms with Crippen LogP contribution in [0.4, 0.5) is 5.69 Å². The Morgan fingerprint density at radius 3 is 2.29 bits per heavy atom. The molecule has 0 saturated carbocycles. The number of nitrogens with one attached hydrogen (secondary N) is 1. The van der Waals surface area contributed by atoms with Crippen LogP contribution >= 0.6 is 0 Å². The Labute approximate surface area is 165 Å². The molecule has 2 unspecified atom stereocenters. The van der Waals surface area contributed by atoms with Crippen LogP contribution in [0, 0.1) is 22.0 Å². The van der Waals surface area contributed by atoms with E-state index in [1.165, 1.54) is 33.8 Å². The van der Waals surface area contributed by atoms with Crippen molar-refractivity contribution in [1.82, 2.24) is 10.2 Å². The van der Waals surface area contributed by atoms with Gasteiger partial charge in [0.05, 0.1) is 26.3 Å². The molecule has 9 nitrogen and oxygen atoms in total. The maximum atomic E-state index is 12.7. The van der Waals surface area contributed by atoms with Gasteiger partial charge in [0.25, 0.3) is 5.91 Å². The molecule has 9 heteroatoms. The van der Waals surface area contributed by atoms with Crippen LogP contribution in [0.5, 0.6) is 17.2 Å². The normalized spacial score (nSPS) is 19.8. The summed E-state index contributed by atoms with van der Waals surface area (Å²) in [5.74, 6) is 0.810. The van der Waals surface area contributed by atoms with Crippen LogP contribution in [0.25, 0.3) is 0 Å². The zero-order valence-electron chi connectivity index (χ0n) is 17.1. The first kappa shape index (κ1) is 21.7. The topological polar surface area (TPSA) is 103 Å². The smallest absolute Gasteiger partial charge is 0.327 e. The van der Waals surface area contributed by atoms with Gasteiger partial charge in [-0.3, -0.25) is 14.9 Å². The first-order valence-electron chi connectivity index (χ1n) is 9.30. The molecule has 0 radical (unpaired) electrons. The van der Waals surface area contributed by atoms with Gasteiger partial charge in [0, 0.05) is 32.2 Å². The van der Waals surface area contributed by atoms with Crippen molar-refractivity contribution in [3.63, 3.8) is 0 Å². The number of likely N-dealkylation sites (tertiary alicyclic amines) is 1. The standard InChI is InChI=1S/C19H29N3O6/c1-12-8-13(2)11-21(10-12)7-6-20-19(23)14-9-15(26-3)17(27-4)18(28-5)16(14)22(24)25/h9,12-13H,6-8,10-11H2,1-5H3,(H,20,23). The van der Waals surface area contributed by atoms with Crippen LogP contribution in [0.3, 0.4) is 0 Å². The molecule has 0 bridgehead atoms. The summed E-state index contributed by atoms with van der Waals surface area (Å²) < 4.78 is 15.5. The minimum absolute atomic E-state index is 0.0736. The highest BCUT2D eigenvalue weighted by Crippen LogP contribution is 2.46.